The molecule has 25 heavy (non-hydrogen) atoms. The average molecular weight is 347 g/mol. The van der Waals surface area contributed by atoms with E-state index in [2.05, 4.69) is 25.0 Å². The monoisotopic (exact) mass is 347 g/mol. The fraction of sp³-hybridized carbons (Fsp3) is 0.647. The van der Waals surface area contributed by atoms with Gasteiger partial charge in [0.05, 0.1) is 5.69 Å². The summed E-state index contributed by atoms with van der Waals surface area (Å²) in [7, 11) is 0. The van der Waals surface area contributed by atoms with Crippen molar-refractivity contribution >= 4 is 5.91 Å². The second kappa shape index (κ2) is 7.77. The van der Waals surface area contributed by atoms with Crippen LogP contribution in [0.5, 0.6) is 0 Å². The van der Waals surface area contributed by atoms with Crippen LogP contribution in [0.15, 0.2) is 10.7 Å². The Morgan fingerprint density at radius 1 is 1.52 bits per heavy atom. The minimum absolute atomic E-state index is 0.00268. The summed E-state index contributed by atoms with van der Waals surface area (Å²) in [4.78, 5) is 21.0. The number of imidazole rings is 1. The van der Waals surface area contributed by atoms with Crippen LogP contribution in [-0.2, 0) is 28.9 Å². The van der Waals surface area contributed by atoms with E-state index in [1.165, 1.54) is 0 Å². The van der Waals surface area contributed by atoms with Gasteiger partial charge in [0.25, 0.3) is 0 Å². The number of amides is 1. The Morgan fingerprint density at radius 2 is 2.36 bits per heavy atom. The Morgan fingerprint density at radius 3 is 3.16 bits per heavy atom. The van der Waals surface area contributed by atoms with Crippen LogP contribution >= 0.6 is 0 Å². The van der Waals surface area contributed by atoms with Crippen molar-refractivity contribution in [3.63, 3.8) is 0 Å². The molecule has 0 saturated heterocycles. The minimum atomic E-state index is -0.202. The lowest BCUT2D eigenvalue weighted by atomic mass is 10.1. The van der Waals surface area contributed by atoms with Gasteiger partial charge in [-0.05, 0) is 27.2 Å². The molecule has 2 aromatic heterocycles. The van der Waals surface area contributed by atoms with Crippen molar-refractivity contribution in [2.75, 3.05) is 6.61 Å². The Labute approximate surface area is 147 Å². The first-order chi connectivity index (χ1) is 12.0. The second-order valence-electron chi connectivity index (χ2n) is 6.40. The quantitative estimate of drug-likeness (QED) is 0.820. The molecule has 2 aromatic rings. The van der Waals surface area contributed by atoms with Gasteiger partial charge in [-0.15, -0.1) is 0 Å². The molecule has 1 aliphatic rings. The molecule has 0 aliphatic carbocycles. The third kappa shape index (κ3) is 4.45. The van der Waals surface area contributed by atoms with Gasteiger partial charge in [-0.3, -0.25) is 4.79 Å². The Hall–Kier alpha value is -2.22. The molecule has 0 saturated carbocycles. The summed E-state index contributed by atoms with van der Waals surface area (Å²) in [5, 5.41) is 6.99. The first kappa shape index (κ1) is 17.6. The number of carbonyl (C=O) groups is 1. The van der Waals surface area contributed by atoms with Crippen molar-refractivity contribution in [3.8, 4) is 0 Å². The predicted octanol–water partition coefficient (Wildman–Crippen LogP) is 1.74. The molecule has 8 heteroatoms. The van der Waals surface area contributed by atoms with Crippen LogP contribution in [-0.4, -0.2) is 38.2 Å². The molecule has 0 fully saturated rings. The highest BCUT2D eigenvalue weighted by Gasteiger charge is 2.21. The van der Waals surface area contributed by atoms with Crippen LogP contribution in [0.2, 0.25) is 0 Å². The Bertz CT molecular complexity index is 724. The van der Waals surface area contributed by atoms with Gasteiger partial charge in [0.1, 0.15) is 11.9 Å². The van der Waals surface area contributed by atoms with Crippen LogP contribution in [0.1, 0.15) is 56.0 Å². The van der Waals surface area contributed by atoms with Crippen molar-refractivity contribution < 1.29 is 14.1 Å². The number of hydrogen-bond donors (Lipinski definition) is 1. The van der Waals surface area contributed by atoms with Gasteiger partial charge in [0, 0.05) is 44.7 Å². The van der Waals surface area contributed by atoms with Crippen molar-refractivity contribution in [2.24, 2.45) is 0 Å². The molecule has 3 rings (SSSR count). The summed E-state index contributed by atoms with van der Waals surface area (Å²) in [5.41, 5.74) is 1.02. The van der Waals surface area contributed by atoms with Crippen molar-refractivity contribution in [1.82, 2.24) is 25.0 Å². The summed E-state index contributed by atoms with van der Waals surface area (Å²) >= 11 is 0. The van der Waals surface area contributed by atoms with Crippen molar-refractivity contribution in [3.05, 3.63) is 29.4 Å². The van der Waals surface area contributed by atoms with Gasteiger partial charge in [0.2, 0.25) is 11.8 Å². The predicted molar refractivity (Wildman–Crippen MR) is 89.9 cm³/mol. The number of hydrogen-bond acceptors (Lipinski definition) is 6. The molecule has 0 radical (unpaired) electrons. The normalized spacial score (nSPS) is 18.0. The molecule has 1 aliphatic heterocycles. The number of ether oxygens (including phenoxy) is 1. The molecule has 0 aromatic carbocycles. The lowest BCUT2D eigenvalue weighted by Gasteiger charge is -2.24. The molecule has 0 bridgehead atoms. The zero-order chi connectivity index (χ0) is 17.8. The molecule has 1 N–H and O–H groups in total. The molecule has 0 spiro atoms. The summed E-state index contributed by atoms with van der Waals surface area (Å²) in [6.07, 6.45) is 4.40. The van der Waals surface area contributed by atoms with Crippen molar-refractivity contribution in [1.29, 1.82) is 0 Å². The molecule has 136 valence electrons. The molecular weight excluding hydrogens is 322 g/mol. The largest absolute Gasteiger partial charge is 0.371 e. The van der Waals surface area contributed by atoms with E-state index < -0.39 is 0 Å². The Balaban J connectivity index is 1.46. The van der Waals surface area contributed by atoms with E-state index in [0.29, 0.717) is 31.2 Å². The molecule has 0 unspecified atom stereocenters. The maximum atomic E-state index is 12.2. The van der Waals surface area contributed by atoms with Gasteiger partial charge in [-0.1, -0.05) is 5.16 Å². The number of aromatic nitrogens is 4. The zero-order valence-corrected chi connectivity index (χ0v) is 15.0. The topological polar surface area (TPSA) is 95.1 Å². The second-order valence-corrected chi connectivity index (χ2v) is 6.40. The van der Waals surface area contributed by atoms with E-state index in [0.717, 1.165) is 30.9 Å². The summed E-state index contributed by atoms with van der Waals surface area (Å²) in [5.74, 6) is 2.09. The van der Waals surface area contributed by atoms with Crippen LogP contribution in [0.4, 0.5) is 0 Å². The third-order valence-electron chi connectivity index (χ3n) is 4.31. The number of nitrogens with one attached hydrogen (secondary N) is 1. The van der Waals surface area contributed by atoms with E-state index in [9.17, 15) is 4.79 Å². The smallest absolute Gasteiger partial charge is 0.227 e. The summed E-state index contributed by atoms with van der Waals surface area (Å²) in [6.45, 7) is 7.15. The number of fused-ring (bicyclic) bond motifs is 1. The van der Waals surface area contributed by atoms with Gasteiger partial charge in [0.15, 0.2) is 5.82 Å². The maximum Gasteiger partial charge on any atom is 0.227 e. The number of carbonyl (C=O) groups excluding carboxylic acids is 1. The fourth-order valence-corrected chi connectivity index (χ4v) is 3.08. The highest BCUT2D eigenvalue weighted by atomic mass is 16.5. The van der Waals surface area contributed by atoms with E-state index in [4.69, 9.17) is 9.26 Å². The first-order valence-electron chi connectivity index (χ1n) is 8.81. The molecule has 3 heterocycles. The zero-order valence-electron chi connectivity index (χ0n) is 15.0. The number of rotatable bonds is 7. The van der Waals surface area contributed by atoms with Gasteiger partial charge in [-0.2, -0.15) is 4.98 Å². The van der Waals surface area contributed by atoms with Gasteiger partial charge in [-0.25, -0.2) is 4.98 Å². The van der Waals surface area contributed by atoms with Crippen LogP contribution < -0.4 is 5.32 Å². The standard InChI is InChI=1S/C17H25N5O3/c1-4-24-12(3)17-20-16(25-21-17)8-7-15(23)19-13-5-6-14-18-11(2)9-22(14)10-13/h9,12-13H,4-8,10H2,1-3H3,(H,19,23)/t12-,13+/m1/s1. The Kier molecular flexibility index (Phi) is 5.47. The van der Waals surface area contributed by atoms with Crippen LogP contribution in [0, 0.1) is 6.92 Å². The highest BCUT2D eigenvalue weighted by Crippen LogP contribution is 2.16. The first-order valence-corrected chi connectivity index (χ1v) is 8.81. The summed E-state index contributed by atoms with van der Waals surface area (Å²) in [6, 6.07) is 0.143. The van der Waals surface area contributed by atoms with E-state index in [-0.39, 0.29) is 18.1 Å². The lowest BCUT2D eigenvalue weighted by molar-refractivity contribution is -0.122. The van der Waals surface area contributed by atoms with E-state index in [1.54, 1.807) is 0 Å². The average Bonchev–Trinajstić information content (AvgIpc) is 3.18. The van der Waals surface area contributed by atoms with Gasteiger partial charge >= 0.3 is 0 Å². The number of nitrogens with zero attached hydrogens (tertiary/aromatic N) is 4. The van der Waals surface area contributed by atoms with Crippen LogP contribution in [0.25, 0.3) is 0 Å². The van der Waals surface area contributed by atoms with Crippen molar-refractivity contribution in [2.45, 2.75) is 65.1 Å². The fourth-order valence-electron chi connectivity index (χ4n) is 3.08. The third-order valence-corrected chi connectivity index (χ3v) is 4.31. The molecule has 2 atom stereocenters. The maximum absolute atomic E-state index is 12.2. The van der Waals surface area contributed by atoms with Gasteiger partial charge < -0.3 is 19.1 Å². The molecule has 1 amide bonds. The molecule has 8 nitrogen and oxygen atoms in total. The number of aryl methyl sites for hydroxylation is 3. The highest BCUT2D eigenvalue weighted by molar-refractivity contribution is 5.76. The van der Waals surface area contributed by atoms with E-state index in [1.807, 2.05) is 27.0 Å². The van der Waals surface area contributed by atoms with E-state index >= 15 is 0 Å². The summed E-state index contributed by atoms with van der Waals surface area (Å²) < 4.78 is 12.7. The lowest BCUT2D eigenvalue weighted by Crippen LogP contribution is -2.41. The minimum Gasteiger partial charge on any atom is -0.371 e. The van der Waals surface area contributed by atoms with Crippen LogP contribution in [0.3, 0.4) is 0 Å². The molecular formula is C17H25N5O3. The SMILES string of the molecule is CCO[C@H](C)c1noc(CCC(=O)N[C@H]2CCc3nc(C)cn3C2)n1.